The predicted octanol–water partition coefficient (Wildman–Crippen LogP) is 5.21. The van der Waals surface area contributed by atoms with E-state index in [0.717, 1.165) is 28.5 Å². The lowest BCUT2D eigenvalue weighted by molar-refractivity contribution is -0.130. The van der Waals surface area contributed by atoms with Gasteiger partial charge < -0.3 is 15.0 Å². The van der Waals surface area contributed by atoms with Crippen molar-refractivity contribution in [3.63, 3.8) is 0 Å². The highest BCUT2D eigenvalue weighted by molar-refractivity contribution is 7.97. The van der Waals surface area contributed by atoms with Crippen molar-refractivity contribution in [2.24, 2.45) is 0 Å². The average molecular weight is 509 g/mol. The summed E-state index contributed by atoms with van der Waals surface area (Å²) < 4.78 is 8.71. The van der Waals surface area contributed by atoms with Crippen molar-refractivity contribution in [2.45, 2.75) is 57.1 Å². The first-order valence-corrected chi connectivity index (χ1v) is 13.1. The molecule has 0 saturated carbocycles. The van der Waals surface area contributed by atoms with Crippen molar-refractivity contribution in [1.29, 1.82) is 0 Å². The summed E-state index contributed by atoms with van der Waals surface area (Å²) in [5.41, 5.74) is 0.627. The van der Waals surface area contributed by atoms with Crippen molar-refractivity contribution in [2.75, 3.05) is 19.6 Å². The molecule has 36 heavy (non-hydrogen) atoms. The summed E-state index contributed by atoms with van der Waals surface area (Å²) in [6, 6.07) is 18.5. The number of nitrogens with zero attached hydrogens (tertiary/aromatic N) is 2. The molecular weight excluding hydrogens is 472 g/mol. The lowest BCUT2D eigenvalue weighted by Crippen LogP contribution is -2.46. The number of carbonyl (C=O) groups excluding carboxylic acids is 2. The Hall–Kier alpha value is -3.10. The number of benzene rings is 2. The molecule has 0 aliphatic heterocycles. The summed E-state index contributed by atoms with van der Waals surface area (Å²) in [7, 11) is 0. The molecule has 0 fully saturated rings. The largest absolute Gasteiger partial charge is 0.444 e. The first-order valence-electron chi connectivity index (χ1n) is 12.2. The Bertz CT molecular complexity index is 1130. The van der Waals surface area contributed by atoms with E-state index in [4.69, 9.17) is 4.74 Å². The molecule has 0 saturated heterocycles. The third kappa shape index (κ3) is 9.51. The molecule has 0 spiro atoms. The maximum Gasteiger partial charge on any atom is 0.408 e. The van der Waals surface area contributed by atoms with E-state index >= 15 is 0 Å². The summed E-state index contributed by atoms with van der Waals surface area (Å²) in [4.78, 5) is 32.1. The van der Waals surface area contributed by atoms with Crippen LogP contribution in [0, 0.1) is 0 Å². The van der Waals surface area contributed by atoms with E-state index in [1.165, 1.54) is 5.56 Å². The van der Waals surface area contributed by atoms with Crippen LogP contribution in [0.25, 0.3) is 10.8 Å². The first kappa shape index (κ1) is 27.5. The van der Waals surface area contributed by atoms with E-state index in [1.54, 1.807) is 38.9 Å². The summed E-state index contributed by atoms with van der Waals surface area (Å²) in [5.74, 6) is -0.134. The van der Waals surface area contributed by atoms with Gasteiger partial charge in [-0.3, -0.25) is 14.5 Å². The fourth-order valence-electron chi connectivity index (χ4n) is 3.67. The Labute approximate surface area is 218 Å². The number of pyridine rings is 1. The quantitative estimate of drug-likeness (QED) is 0.346. The standard InChI is InChI=1S/C28H36N4O3S/c1-21(31-36-25-13-12-24-18-29-15-14-23(24)17-25)20-32(16-8-11-22-9-6-5-7-10-22)26(33)19-30-27(34)35-28(2,3)4/h5-7,9-10,12-15,17-18,21,31H,8,11,16,19-20H2,1-4H3,(H,30,34). The lowest BCUT2D eigenvalue weighted by Gasteiger charge is -2.27. The van der Waals surface area contributed by atoms with Crippen LogP contribution in [0.4, 0.5) is 4.79 Å². The highest BCUT2D eigenvalue weighted by Crippen LogP contribution is 2.21. The third-order valence-electron chi connectivity index (χ3n) is 5.36. The fraction of sp³-hybridized carbons (Fsp3) is 0.393. The molecule has 0 aliphatic rings. The van der Waals surface area contributed by atoms with E-state index in [1.807, 2.05) is 35.4 Å². The second kappa shape index (κ2) is 13.3. The number of fused-ring (bicyclic) bond motifs is 1. The molecule has 2 aromatic carbocycles. The molecule has 7 nitrogen and oxygen atoms in total. The van der Waals surface area contributed by atoms with Gasteiger partial charge in [0.05, 0.1) is 0 Å². The van der Waals surface area contributed by atoms with Crippen molar-refractivity contribution < 1.29 is 14.3 Å². The zero-order valence-electron chi connectivity index (χ0n) is 21.5. The van der Waals surface area contributed by atoms with Crippen LogP contribution in [0.1, 0.15) is 39.7 Å². The Morgan fingerprint density at radius 2 is 1.86 bits per heavy atom. The summed E-state index contributed by atoms with van der Waals surface area (Å²) in [5, 5.41) is 4.83. The first-order chi connectivity index (χ1) is 17.2. The highest BCUT2D eigenvalue weighted by Gasteiger charge is 2.20. The number of hydrogen-bond donors (Lipinski definition) is 2. The molecule has 0 radical (unpaired) electrons. The number of hydrogen-bond acceptors (Lipinski definition) is 6. The summed E-state index contributed by atoms with van der Waals surface area (Å²) in [6.07, 6.45) is 4.77. The lowest BCUT2D eigenvalue weighted by atomic mass is 10.1. The van der Waals surface area contributed by atoms with Crippen molar-refractivity contribution in [3.05, 3.63) is 72.6 Å². The number of aryl methyl sites for hydroxylation is 1. The number of amides is 2. The molecule has 2 amide bonds. The van der Waals surface area contributed by atoms with Crippen LogP contribution >= 0.6 is 11.9 Å². The topological polar surface area (TPSA) is 83.6 Å². The number of rotatable bonds is 11. The predicted molar refractivity (Wildman–Crippen MR) is 146 cm³/mol. The van der Waals surface area contributed by atoms with Crippen molar-refractivity contribution in [1.82, 2.24) is 19.9 Å². The van der Waals surface area contributed by atoms with Gasteiger partial charge >= 0.3 is 6.09 Å². The van der Waals surface area contributed by atoms with Crippen LogP contribution < -0.4 is 10.0 Å². The van der Waals surface area contributed by atoms with Crippen LogP contribution in [-0.4, -0.2) is 53.2 Å². The SMILES string of the molecule is CC(CN(CCCc1ccccc1)C(=O)CNC(=O)OC(C)(C)C)NSc1ccc2cnccc2c1. The van der Waals surface area contributed by atoms with Gasteiger partial charge in [0.1, 0.15) is 12.1 Å². The molecule has 3 rings (SSSR count). The van der Waals surface area contributed by atoms with Gasteiger partial charge in [-0.05, 0) is 81.6 Å². The van der Waals surface area contributed by atoms with Crippen LogP contribution in [-0.2, 0) is 16.0 Å². The van der Waals surface area contributed by atoms with E-state index < -0.39 is 11.7 Å². The zero-order chi connectivity index (χ0) is 26.0. The van der Waals surface area contributed by atoms with Gasteiger partial charge in [-0.2, -0.15) is 0 Å². The molecular formula is C28H36N4O3S. The van der Waals surface area contributed by atoms with Gasteiger partial charge in [0, 0.05) is 41.8 Å². The van der Waals surface area contributed by atoms with Crippen molar-refractivity contribution >= 4 is 34.7 Å². The molecule has 0 bridgehead atoms. The minimum absolute atomic E-state index is 0.0327. The Balaban J connectivity index is 1.56. The van der Waals surface area contributed by atoms with Gasteiger partial charge in [0.25, 0.3) is 0 Å². The molecule has 1 atom stereocenters. The van der Waals surface area contributed by atoms with E-state index in [-0.39, 0.29) is 18.5 Å². The van der Waals surface area contributed by atoms with Gasteiger partial charge in [-0.25, -0.2) is 4.79 Å². The molecule has 1 heterocycles. The van der Waals surface area contributed by atoms with E-state index in [9.17, 15) is 9.59 Å². The number of aromatic nitrogens is 1. The maximum absolute atomic E-state index is 13.0. The molecule has 8 heteroatoms. The minimum Gasteiger partial charge on any atom is -0.444 e. The molecule has 192 valence electrons. The Morgan fingerprint density at radius 3 is 2.61 bits per heavy atom. The Morgan fingerprint density at radius 1 is 1.08 bits per heavy atom. The monoisotopic (exact) mass is 508 g/mol. The van der Waals surface area contributed by atoms with Gasteiger partial charge in [-0.1, -0.05) is 36.4 Å². The molecule has 2 N–H and O–H groups in total. The van der Waals surface area contributed by atoms with Gasteiger partial charge in [0.15, 0.2) is 0 Å². The van der Waals surface area contributed by atoms with Crippen LogP contribution in [0.15, 0.2) is 71.9 Å². The smallest absolute Gasteiger partial charge is 0.408 e. The minimum atomic E-state index is -0.614. The second-order valence-electron chi connectivity index (χ2n) is 9.79. The molecule has 3 aromatic rings. The summed E-state index contributed by atoms with van der Waals surface area (Å²) >= 11 is 1.54. The van der Waals surface area contributed by atoms with E-state index in [0.29, 0.717) is 13.1 Å². The van der Waals surface area contributed by atoms with Crippen LogP contribution in [0.5, 0.6) is 0 Å². The van der Waals surface area contributed by atoms with Crippen LogP contribution in [0.3, 0.4) is 0 Å². The molecule has 0 aliphatic carbocycles. The molecule has 1 aromatic heterocycles. The number of carbonyl (C=O) groups is 2. The normalized spacial score (nSPS) is 12.2. The third-order valence-corrected chi connectivity index (χ3v) is 6.37. The highest BCUT2D eigenvalue weighted by atomic mass is 32.2. The summed E-state index contributed by atoms with van der Waals surface area (Å²) in [6.45, 7) is 8.46. The number of alkyl carbamates (subject to hydrolysis) is 1. The van der Waals surface area contributed by atoms with Crippen molar-refractivity contribution in [3.8, 4) is 0 Å². The zero-order valence-corrected chi connectivity index (χ0v) is 22.3. The number of nitrogens with one attached hydrogen (secondary N) is 2. The maximum atomic E-state index is 13.0. The van der Waals surface area contributed by atoms with Crippen LogP contribution in [0.2, 0.25) is 0 Å². The second-order valence-corrected chi connectivity index (χ2v) is 10.7. The van der Waals surface area contributed by atoms with Gasteiger partial charge in [0.2, 0.25) is 5.91 Å². The van der Waals surface area contributed by atoms with Gasteiger partial charge in [-0.15, -0.1) is 0 Å². The number of ether oxygens (including phenoxy) is 1. The average Bonchev–Trinajstić information content (AvgIpc) is 2.85. The fourth-order valence-corrected chi connectivity index (χ4v) is 4.41. The van der Waals surface area contributed by atoms with E-state index in [2.05, 4.69) is 52.3 Å². The Kier molecular flexibility index (Phi) is 10.1. The molecule has 1 unspecified atom stereocenters.